The number of morpholine rings is 1. The molecule has 0 aromatic heterocycles. The smallest absolute Gasteiger partial charge is 0.325 e. The number of hydrogen-bond acceptors (Lipinski definition) is 4. The van der Waals surface area contributed by atoms with Gasteiger partial charge in [0.05, 0.1) is 13.2 Å². The second-order valence-electron chi connectivity index (χ2n) is 5.14. The topological polar surface area (TPSA) is 78.9 Å². The molecular weight excluding hydrogens is 291 g/mol. The van der Waals surface area contributed by atoms with Crippen molar-refractivity contribution in [2.45, 2.75) is 19.0 Å². The van der Waals surface area contributed by atoms with Crippen molar-refractivity contribution in [3.05, 3.63) is 35.6 Å². The van der Waals surface area contributed by atoms with Crippen LogP contribution < -0.4 is 5.32 Å². The lowest BCUT2D eigenvalue weighted by molar-refractivity contribution is -0.142. The highest BCUT2D eigenvalue weighted by Gasteiger charge is 2.32. The van der Waals surface area contributed by atoms with E-state index in [0.29, 0.717) is 26.3 Å². The van der Waals surface area contributed by atoms with E-state index in [9.17, 15) is 14.0 Å². The molecule has 1 aromatic rings. The molecule has 0 bridgehead atoms. The number of carboxylic acid groups (broad SMARTS) is 1. The van der Waals surface area contributed by atoms with Gasteiger partial charge >= 0.3 is 5.97 Å². The molecule has 2 N–H and O–H groups in total. The van der Waals surface area contributed by atoms with Gasteiger partial charge in [-0.2, -0.15) is 0 Å². The summed E-state index contributed by atoms with van der Waals surface area (Å²) >= 11 is 0. The molecule has 7 heteroatoms. The number of aliphatic carboxylic acids is 1. The molecule has 1 aromatic carbocycles. The first-order chi connectivity index (χ1) is 10.5. The van der Waals surface area contributed by atoms with Crippen LogP contribution in [-0.2, 0) is 14.3 Å². The molecule has 120 valence electrons. The number of amides is 1. The Morgan fingerprint density at radius 3 is 2.55 bits per heavy atom. The highest BCUT2D eigenvalue weighted by molar-refractivity contribution is 5.87. The van der Waals surface area contributed by atoms with Crippen LogP contribution in [0.5, 0.6) is 0 Å². The molecule has 6 nitrogen and oxygen atoms in total. The molecule has 1 heterocycles. The molecule has 0 saturated carbocycles. The summed E-state index contributed by atoms with van der Waals surface area (Å²) in [5.41, 5.74) is 0.236. The number of carbonyl (C=O) groups excluding carboxylic acids is 1. The molecular formula is C15H19FN2O4. The average Bonchev–Trinajstić information content (AvgIpc) is 2.50. The SMILES string of the molecule is C[C@@H](NC(=O)C(c1ccccc1F)N1CCOCC1)C(=O)O. The largest absolute Gasteiger partial charge is 0.480 e. The first-order valence-electron chi connectivity index (χ1n) is 7.10. The van der Waals surface area contributed by atoms with Crippen molar-refractivity contribution in [3.63, 3.8) is 0 Å². The number of ether oxygens (including phenoxy) is 1. The minimum absolute atomic E-state index is 0.236. The van der Waals surface area contributed by atoms with Crippen LogP contribution in [0.2, 0.25) is 0 Å². The quantitative estimate of drug-likeness (QED) is 0.840. The van der Waals surface area contributed by atoms with Crippen molar-refractivity contribution in [3.8, 4) is 0 Å². The summed E-state index contributed by atoms with van der Waals surface area (Å²) < 4.78 is 19.4. The van der Waals surface area contributed by atoms with Crippen molar-refractivity contribution in [2.24, 2.45) is 0 Å². The maximum atomic E-state index is 14.1. The highest BCUT2D eigenvalue weighted by Crippen LogP contribution is 2.24. The zero-order chi connectivity index (χ0) is 16.1. The fourth-order valence-electron chi connectivity index (χ4n) is 2.39. The van der Waals surface area contributed by atoms with Gasteiger partial charge in [0.1, 0.15) is 17.9 Å². The van der Waals surface area contributed by atoms with Crippen LogP contribution in [0, 0.1) is 5.82 Å². The van der Waals surface area contributed by atoms with Crippen molar-refractivity contribution < 1.29 is 23.8 Å². The van der Waals surface area contributed by atoms with Gasteiger partial charge in [-0.15, -0.1) is 0 Å². The lowest BCUT2D eigenvalue weighted by Crippen LogP contribution is -2.49. The van der Waals surface area contributed by atoms with Gasteiger partial charge in [0, 0.05) is 18.7 Å². The molecule has 1 fully saturated rings. The van der Waals surface area contributed by atoms with E-state index < -0.39 is 29.8 Å². The van der Waals surface area contributed by atoms with Gasteiger partial charge in [0.15, 0.2) is 0 Å². The van der Waals surface area contributed by atoms with Gasteiger partial charge in [-0.1, -0.05) is 18.2 Å². The van der Waals surface area contributed by atoms with E-state index in [4.69, 9.17) is 9.84 Å². The van der Waals surface area contributed by atoms with E-state index in [-0.39, 0.29) is 5.56 Å². The number of carboxylic acids is 1. The standard InChI is InChI=1S/C15H19FN2O4/c1-10(15(20)21)17-14(19)13(18-6-8-22-9-7-18)11-4-2-3-5-12(11)16/h2-5,10,13H,6-9H2,1H3,(H,17,19)(H,20,21)/t10-,13?/m1/s1. The Kier molecular flexibility index (Phi) is 5.46. The van der Waals surface area contributed by atoms with E-state index in [0.717, 1.165) is 0 Å². The van der Waals surface area contributed by atoms with Gasteiger partial charge in [-0.05, 0) is 13.0 Å². The molecule has 1 saturated heterocycles. The second-order valence-corrected chi connectivity index (χ2v) is 5.14. The number of benzene rings is 1. The van der Waals surface area contributed by atoms with Gasteiger partial charge in [0.2, 0.25) is 5.91 Å². The van der Waals surface area contributed by atoms with Crippen LogP contribution in [0.25, 0.3) is 0 Å². The fraction of sp³-hybridized carbons (Fsp3) is 0.467. The van der Waals surface area contributed by atoms with Crippen LogP contribution in [0.3, 0.4) is 0 Å². The molecule has 2 atom stereocenters. The number of carbonyl (C=O) groups is 2. The first-order valence-corrected chi connectivity index (χ1v) is 7.10. The van der Waals surface area contributed by atoms with Crippen molar-refractivity contribution in [1.82, 2.24) is 10.2 Å². The summed E-state index contributed by atoms with van der Waals surface area (Å²) in [6.45, 7) is 3.24. The molecule has 1 aliphatic rings. The summed E-state index contributed by atoms with van der Waals surface area (Å²) in [7, 11) is 0. The monoisotopic (exact) mass is 310 g/mol. The van der Waals surface area contributed by atoms with E-state index in [2.05, 4.69) is 5.32 Å². The van der Waals surface area contributed by atoms with Crippen LogP contribution >= 0.6 is 0 Å². The first kappa shape index (κ1) is 16.4. The third-order valence-corrected chi connectivity index (χ3v) is 3.59. The van der Waals surface area contributed by atoms with Crippen LogP contribution in [0.1, 0.15) is 18.5 Å². The van der Waals surface area contributed by atoms with E-state index in [1.165, 1.54) is 13.0 Å². The van der Waals surface area contributed by atoms with Crippen LogP contribution in [-0.4, -0.2) is 54.2 Å². The lowest BCUT2D eigenvalue weighted by atomic mass is 10.0. The van der Waals surface area contributed by atoms with Gasteiger partial charge in [-0.3, -0.25) is 14.5 Å². The van der Waals surface area contributed by atoms with Gasteiger partial charge in [0.25, 0.3) is 0 Å². The predicted molar refractivity (Wildman–Crippen MR) is 76.8 cm³/mol. The third kappa shape index (κ3) is 3.80. The Morgan fingerprint density at radius 1 is 1.32 bits per heavy atom. The third-order valence-electron chi connectivity index (χ3n) is 3.59. The predicted octanol–water partition coefficient (Wildman–Crippen LogP) is 0.788. The summed E-state index contributed by atoms with van der Waals surface area (Å²) in [5.74, 6) is -2.15. The van der Waals surface area contributed by atoms with Gasteiger partial charge in [-0.25, -0.2) is 4.39 Å². The Balaban J connectivity index is 2.27. The molecule has 0 spiro atoms. The Bertz CT molecular complexity index is 546. The molecule has 1 amide bonds. The van der Waals surface area contributed by atoms with E-state index in [1.807, 2.05) is 0 Å². The molecule has 0 radical (unpaired) electrons. The number of nitrogens with zero attached hydrogens (tertiary/aromatic N) is 1. The normalized spacial score (nSPS) is 18.5. The van der Waals surface area contributed by atoms with Crippen LogP contribution in [0.4, 0.5) is 4.39 Å². The zero-order valence-corrected chi connectivity index (χ0v) is 12.3. The maximum absolute atomic E-state index is 14.1. The molecule has 0 aliphatic carbocycles. The maximum Gasteiger partial charge on any atom is 0.325 e. The van der Waals surface area contributed by atoms with Crippen LogP contribution in [0.15, 0.2) is 24.3 Å². The second kappa shape index (κ2) is 7.33. The molecule has 2 rings (SSSR count). The summed E-state index contributed by atoms with van der Waals surface area (Å²) in [6.07, 6.45) is 0. The highest BCUT2D eigenvalue weighted by atomic mass is 19.1. The Hall–Kier alpha value is -1.99. The summed E-state index contributed by atoms with van der Waals surface area (Å²) in [6, 6.07) is 4.12. The zero-order valence-electron chi connectivity index (χ0n) is 12.3. The molecule has 22 heavy (non-hydrogen) atoms. The Morgan fingerprint density at radius 2 is 1.95 bits per heavy atom. The fourth-order valence-corrected chi connectivity index (χ4v) is 2.39. The molecule has 1 unspecified atom stereocenters. The number of rotatable bonds is 5. The average molecular weight is 310 g/mol. The number of nitrogens with one attached hydrogen (secondary N) is 1. The van der Waals surface area contributed by atoms with E-state index in [1.54, 1.807) is 23.1 Å². The number of hydrogen-bond donors (Lipinski definition) is 2. The number of halogens is 1. The minimum Gasteiger partial charge on any atom is -0.480 e. The van der Waals surface area contributed by atoms with Crippen molar-refractivity contribution in [2.75, 3.05) is 26.3 Å². The van der Waals surface area contributed by atoms with Gasteiger partial charge < -0.3 is 15.2 Å². The Labute approximate surface area is 127 Å². The lowest BCUT2D eigenvalue weighted by Gasteiger charge is -2.34. The van der Waals surface area contributed by atoms with E-state index >= 15 is 0 Å². The summed E-state index contributed by atoms with van der Waals surface area (Å²) in [4.78, 5) is 25.2. The van der Waals surface area contributed by atoms with Crippen molar-refractivity contribution in [1.29, 1.82) is 0 Å². The summed E-state index contributed by atoms with van der Waals surface area (Å²) in [5, 5.41) is 11.3. The molecule has 1 aliphatic heterocycles. The minimum atomic E-state index is -1.14. The van der Waals surface area contributed by atoms with Crippen molar-refractivity contribution >= 4 is 11.9 Å².